The molecule has 0 spiro atoms. The van der Waals surface area contributed by atoms with Crippen molar-refractivity contribution >= 4 is 0 Å². The molecule has 1 saturated carbocycles. The average molecular weight is 169 g/mol. The summed E-state index contributed by atoms with van der Waals surface area (Å²) in [5.74, 6) is 1.45. The molecule has 0 aromatic heterocycles. The van der Waals surface area contributed by atoms with E-state index in [-0.39, 0.29) is 5.54 Å². The van der Waals surface area contributed by atoms with Crippen LogP contribution >= 0.6 is 0 Å². The van der Waals surface area contributed by atoms with Crippen LogP contribution in [0.2, 0.25) is 0 Å². The molecule has 1 heteroatoms. The lowest BCUT2D eigenvalue weighted by Crippen LogP contribution is -2.48. The van der Waals surface area contributed by atoms with E-state index in [2.05, 4.69) is 20.8 Å². The third-order valence-electron chi connectivity index (χ3n) is 3.91. The molecule has 0 amide bonds. The molecule has 0 aromatic rings. The molecular formula is C11H23N. The van der Waals surface area contributed by atoms with Crippen LogP contribution in [0.5, 0.6) is 0 Å². The lowest BCUT2D eigenvalue weighted by Gasteiger charge is -2.37. The second kappa shape index (κ2) is 3.78. The zero-order valence-electron chi connectivity index (χ0n) is 8.77. The third-order valence-corrected chi connectivity index (χ3v) is 3.91. The molecule has 1 fully saturated rings. The molecule has 72 valence electrons. The first-order valence-electron chi connectivity index (χ1n) is 5.38. The average Bonchev–Trinajstić information content (AvgIpc) is 2.55. The minimum atomic E-state index is 0.0885. The van der Waals surface area contributed by atoms with Gasteiger partial charge in [-0.3, -0.25) is 0 Å². The predicted octanol–water partition coefficient (Wildman–Crippen LogP) is 2.94. The highest BCUT2D eigenvalue weighted by molar-refractivity contribution is 4.92. The first-order chi connectivity index (χ1) is 5.59. The van der Waals surface area contributed by atoms with E-state index in [1.807, 2.05) is 0 Å². The van der Waals surface area contributed by atoms with Gasteiger partial charge in [0.15, 0.2) is 0 Å². The van der Waals surface area contributed by atoms with E-state index in [0.29, 0.717) is 5.92 Å². The van der Waals surface area contributed by atoms with Crippen LogP contribution in [0.1, 0.15) is 52.9 Å². The molecule has 1 rings (SSSR count). The lowest BCUT2D eigenvalue weighted by atomic mass is 9.75. The van der Waals surface area contributed by atoms with Gasteiger partial charge in [-0.2, -0.15) is 0 Å². The molecule has 0 aromatic carbocycles. The largest absolute Gasteiger partial charge is 0.325 e. The van der Waals surface area contributed by atoms with E-state index in [9.17, 15) is 0 Å². The van der Waals surface area contributed by atoms with Crippen LogP contribution in [0.15, 0.2) is 0 Å². The Kier molecular flexibility index (Phi) is 3.16. The van der Waals surface area contributed by atoms with E-state index in [1.54, 1.807) is 0 Å². The van der Waals surface area contributed by atoms with Crippen LogP contribution in [-0.4, -0.2) is 5.54 Å². The van der Waals surface area contributed by atoms with Crippen LogP contribution in [0, 0.1) is 11.8 Å². The fraction of sp³-hybridized carbons (Fsp3) is 1.00. The number of rotatable bonds is 3. The molecule has 12 heavy (non-hydrogen) atoms. The summed E-state index contributed by atoms with van der Waals surface area (Å²) in [6.45, 7) is 6.78. The molecule has 0 aliphatic heterocycles. The second-order valence-electron chi connectivity index (χ2n) is 4.66. The van der Waals surface area contributed by atoms with Crippen LogP contribution in [-0.2, 0) is 0 Å². The highest BCUT2D eigenvalue weighted by atomic mass is 14.8. The minimum absolute atomic E-state index is 0.0885. The molecule has 0 radical (unpaired) electrons. The topological polar surface area (TPSA) is 26.0 Å². The van der Waals surface area contributed by atoms with Gasteiger partial charge in [0.25, 0.3) is 0 Å². The SMILES string of the molecule is CCC(C)C(C)(N)C1CCCC1. The zero-order chi connectivity index (χ0) is 9.19. The summed E-state index contributed by atoms with van der Waals surface area (Å²) in [6, 6.07) is 0. The van der Waals surface area contributed by atoms with Crippen LogP contribution in [0.3, 0.4) is 0 Å². The van der Waals surface area contributed by atoms with Gasteiger partial charge in [-0.05, 0) is 31.6 Å². The smallest absolute Gasteiger partial charge is 0.0180 e. The highest BCUT2D eigenvalue weighted by Gasteiger charge is 2.35. The van der Waals surface area contributed by atoms with Crippen molar-refractivity contribution in [2.24, 2.45) is 17.6 Å². The summed E-state index contributed by atoms with van der Waals surface area (Å²) in [6.07, 6.45) is 6.72. The summed E-state index contributed by atoms with van der Waals surface area (Å²) < 4.78 is 0. The van der Waals surface area contributed by atoms with Crippen LogP contribution in [0.4, 0.5) is 0 Å². The van der Waals surface area contributed by atoms with Gasteiger partial charge in [0.2, 0.25) is 0 Å². The Morgan fingerprint density at radius 3 is 2.33 bits per heavy atom. The van der Waals surface area contributed by atoms with Crippen molar-refractivity contribution in [3.05, 3.63) is 0 Å². The van der Waals surface area contributed by atoms with Gasteiger partial charge >= 0.3 is 0 Å². The van der Waals surface area contributed by atoms with Crippen molar-refractivity contribution in [2.75, 3.05) is 0 Å². The fourth-order valence-electron chi connectivity index (χ4n) is 2.39. The number of hydrogen-bond donors (Lipinski definition) is 1. The quantitative estimate of drug-likeness (QED) is 0.690. The summed E-state index contributed by atoms with van der Waals surface area (Å²) in [5, 5.41) is 0. The van der Waals surface area contributed by atoms with Crippen LogP contribution in [0.25, 0.3) is 0 Å². The number of hydrogen-bond acceptors (Lipinski definition) is 1. The van der Waals surface area contributed by atoms with Gasteiger partial charge in [0.1, 0.15) is 0 Å². The van der Waals surface area contributed by atoms with Gasteiger partial charge in [-0.1, -0.05) is 33.1 Å². The summed E-state index contributed by atoms with van der Waals surface area (Å²) in [5.41, 5.74) is 6.46. The first kappa shape index (κ1) is 10.0. The molecule has 1 aliphatic carbocycles. The molecule has 2 unspecified atom stereocenters. The maximum absolute atomic E-state index is 6.38. The molecule has 1 aliphatic rings. The maximum atomic E-state index is 6.38. The Bertz CT molecular complexity index is 134. The molecule has 2 N–H and O–H groups in total. The zero-order valence-corrected chi connectivity index (χ0v) is 8.77. The van der Waals surface area contributed by atoms with Crippen LogP contribution < -0.4 is 5.73 Å². The van der Waals surface area contributed by atoms with E-state index in [0.717, 1.165) is 5.92 Å². The normalized spacial score (nSPS) is 27.0. The van der Waals surface area contributed by atoms with E-state index in [1.165, 1.54) is 32.1 Å². The second-order valence-corrected chi connectivity index (χ2v) is 4.66. The monoisotopic (exact) mass is 169 g/mol. The van der Waals surface area contributed by atoms with Gasteiger partial charge in [0.05, 0.1) is 0 Å². The number of nitrogens with two attached hydrogens (primary N) is 1. The third kappa shape index (κ3) is 1.82. The molecule has 1 nitrogen and oxygen atoms in total. The predicted molar refractivity (Wildman–Crippen MR) is 54.0 cm³/mol. The van der Waals surface area contributed by atoms with Crippen molar-refractivity contribution in [1.29, 1.82) is 0 Å². The molecule has 0 heterocycles. The van der Waals surface area contributed by atoms with Crippen molar-refractivity contribution in [3.8, 4) is 0 Å². The standard InChI is InChI=1S/C11H23N/c1-4-9(2)11(3,12)10-7-5-6-8-10/h9-10H,4-8,12H2,1-3H3. The molecule has 0 saturated heterocycles. The Morgan fingerprint density at radius 2 is 1.92 bits per heavy atom. The maximum Gasteiger partial charge on any atom is 0.0180 e. The minimum Gasteiger partial charge on any atom is -0.325 e. The highest BCUT2D eigenvalue weighted by Crippen LogP contribution is 2.37. The van der Waals surface area contributed by atoms with Gasteiger partial charge in [-0.25, -0.2) is 0 Å². The Morgan fingerprint density at radius 1 is 1.42 bits per heavy atom. The van der Waals surface area contributed by atoms with E-state index in [4.69, 9.17) is 5.73 Å². The van der Waals surface area contributed by atoms with Crippen molar-refractivity contribution in [3.63, 3.8) is 0 Å². The molecular weight excluding hydrogens is 146 g/mol. The Balaban J connectivity index is 2.56. The van der Waals surface area contributed by atoms with Gasteiger partial charge < -0.3 is 5.73 Å². The van der Waals surface area contributed by atoms with Gasteiger partial charge in [0, 0.05) is 5.54 Å². The molecule has 2 atom stereocenters. The summed E-state index contributed by atoms with van der Waals surface area (Å²) in [4.78, 5) is 0. The Labute approximate surface area is 76.7 Å². The van der Waals surface area contributed by atoms with Crippen molar-refractivity contribution < 1.29 is 0 Å². The first-order valence-corrected chi connectivity index (χ1v) is 5.38. The van der Waals surface area contributed by atoms with Crippen molar-refractivity contribution in [1.82, 2.24) is 0 Å². The fourth-order valence-corrected chi connectivity index (χ4v) is 2.39. The van der Waals surface area contributed by atoms with E-state index >= 15 is 0 Å². The van der Waals surface area contributed by atoms with E-state index < -0.39 is 0 Å². The van der Waals surface area contributed by atoms with Crippen molar-refractivity contribution in [2.45, 2.75) is 58.4 Å². The molecule has 0 bridgehead atoms. The lowest BCUT2D eigenvalue weighted by molar-refractivity contribution is 0.204. The summed E-state index contributed by atoms with van der Waals surface area (Å²) in [7, 11) is 0. The Hall–Kier alpha value is -0.0400. The van der Waals surface area contributed by atoms with Gasteiger partial charge in [-0.15, -0.1) is 0 Å². The summed E-state index contributed by atoms with van der Waals surface area (Å²) >= 11 is 0.